The molecule has 0 aliphatic carbocycles. The first-order valence-corrected chi connectivity index (χ1v) is 5.16. The topological polar surface area (TPSA) is 74.6 Å². The zero-order valence-electron chi connectivity index (χ0n) is 8.70. The number of carboxylic acids is 2. The zero-order chi connectivity index (χ0) is 11.8. The second-order valence-electron chi connectivity index (χ2n) is 4.21. The van der Waals surface area contributed by atoms with Gasteiger partial charge in [0.05, 0.1) is 0 Å². The van der Waals surface area contributed by atoms with Crippen LogP contribution in [0.5, 0.6) is 0 Å². The maximum absolute atomic E-state index is 10.9. The molecule has 0 saturated heterocycles. The number of carbonyl (C=O) groups is 2. The molecule has 5 heteroatoms. The van der Waals surface area contributed by atoms with E-state index in [1.54, 1.807) is 0 Å². The third-order valence-electron chi connectivity index (χ3n) is 1.95. The Kier molecular flexibility index (Phi) is 2.86. The molecule has 0 saturated carbocycles. The molecule has 0 atom stereocenters. The molecule has 0 aliphatic rings. The molecule has 1 heterocycles. The van der Waals surface area contributed by atoms with E-state index in [9.17, 15) is 9.59 Å². The second-order valence-corrected chi connectivity index (χ2v) is 5.27. The summed E-state index contributed by atoms with van der Waals surface area (Å²) in [5.41, 5.74) is 0.204. The maximum Gasteiger partial charge on any atom is 0.346 e. The van der Waals surface area contributed by atoms with Gasteiger partial charge in [0, 0.05) is 0 Å². The predicted molar refractivity (Wildman–Crippen MR) is 56.9 cm³/mol. The van der Waals surface area contributed by atoms with Crippen LogP contribution in [0, 0.1) is 0 Å². The Bertz CT molecular complexity index is 412. The summed E-state index contributed by atoms with van der Waals surface area (Å²) in [5, 5.41) is 17.7. The largest absolute Gasteiger partial charge is 0.477 e. The van der Waals surface area contributed by atoms with Gasteiger partial charge in [-0.1, -0.05) is 20.8 Å². The van der Waals surface area contributed by atoms with Crippen LogP contribution in [0.1, 0.15) is 45.7 Å². The Morgan fingerprint density at radius 3 is 2.00 bits per heavy atom. The van der Waals surface area contributed by atoms with E-state index < -0.39 is 11.9 Å². The number of thiophene rings is 1. The quantitative estimate of drug-likeness (QED) is 0.815. The van der Waals surface area contributed by atoms with Crippen molar-refractivity contribution in [2.24, 2.45) is 0 Å². The van der Waals surface area contributed by atoms with Crippen LogP contribution in [-0.4, -0.2) is 22.2 Å². The van der Waals surface area contributed by atoms with Crippen LogP contribution < -0.4 is 0 Å². The highest BCUT2D eigenvalue weighted by atomic mass is 32.1. The Balaban J connectivity index is 3.37. The standard InChI is InChI=1S/C10H12O4S/c1-10(2,3)5-4-6(8(11)12)15-7(5)9(13)14/h4H,1-3H3,(H,11,12)(H,13,14). The van der Waals surface area contributed by atoms with Gasteiger partial charge in [-0.05, 0) is 17.0 Å². The minimum Gasteiger partial charge on any atom is -0.477 e. The monoisotopic (exact) mass is 228 g/mol. The van der Waals surface area contributed by atoms with Gasteiger partial charge < -0.3 is 10.2 Å². The van der Waals surface area contributed by atoms with Crippen molar-refractivity contribution >= 4 is 23.3 Å². The van der Waals surface area contributed by atoms with Gasteiger partial charge in [-0.15, -0.1) is 11.3 Å². The van der Waals surface area contributed by atoms with E-state index in [-0.39, 0.29) is 15.2 Å². The fraction of sp³-hybridized carbons (Fsp3) is 0.400. The molecule has 0 unspecified atom stereocenters. The lowest BCUT2D eigenvalue weighted by Gasteiger charge is -2.17. The smallest absolute Gasteiger partial charge is 0.346 e. The maximum atomic E-state index is 10.9. The molecule has 0 fully saturated rings. The Hall–Kier alpha value is -1.36. The highest BCUT2D eigenvalue weighted by Gasteiger charge is 2.26. The van der Waals surface area contributed by atoms with E-state index in [1.807, 2.05) is 20.8 Å². The molecule has 15 heavy (non-hydrogen) atoms. The fourth-order valence-electron chi connectivity index (χ4n) is 1.21. The molecular formula is C10H12O4S. The zero-order valence-corrected chi connectivity index (χ0v) is 9.51. The lowest BCUT2D eigenvalue weighted by atomic mass is 9.87. The molecule has 1 aromatic heterocycles. The molecule has 0 radical (unpaired) electrons. The van der Waals surface area contributed by atoms with Crippen LogP contribution in [0.15, 0.2) is 6.07 Å². The third-order valence-corrected chi connectivity index (χ3v) is 3.06. The van der Waals surface area contributed by atoms with Gasteiger partial charge in [-0.3, -0.25) is 0 Å². The molecule has 0 amide bonds. The van der Waals surface area contributed by atoms with Gasteiger partial charge in [-0.2, -0.15) is 0 Å². The molecule has 4 nitrogen and oxygen atoms in total. The van der Waals surface area contributed by atoms with E-state index in [0.29, 0.717) is 5.56 Å². The van der Waals surface area contributed by atoms with Gasteiger partial charge >= 0.3 is 11.9 Å². The van der Waals surface area contributed by atoms with Crippen molar-refractivity contribution in [3.05, 3.63) is 21.4 Å². The molecular weight excluding hydrogens is 216 g/mol. The van der Waals surface area contributed by atoms with Crippen LogP contribution in [0.25, 0.3) is 0 Å². The minimum atomic E-state index is -1.09. The van der Waals surface area contributed by atoms with Crippen molar-refractivity contribution in [3.8, 4) is 0 Å². The van der Waals surface area contributed by atoms with E-state index in [2.05, 4.69) is 0 Å². The van der Waals surface area contributed by atoms with E-state index in [1.165, 1.54) is 6.07 Å². The predicted octanol–water partition coefficient (Wildman–Crippen LogP) is 2.44. The van der Waals surface area contributed by atoms with Crippen molar-refractivity contribution < 1.29 is 19.8 Å². The normalized spacial score (nSPS) is 11.4. The molecule has 0 aliphatic heterocycles. The van der Waals surface area contributed by atoms with Crippen molar-refractivity contribution in [1.29, 1.82) is 0 Å². The minimum absolute atomic E-state index is 0.0670. The Morgan fingerprint density at radius 2 is 1.73 bits per heavy atom. The van der Waals surface area contributed by atoms with Crippen molar-refractivity contribution in [2.75, 3.05) is 0 Å². The van der Waals surface area contributed by atoms with Gasteiger partial charge in [-0.25, -0.2) is 9.59 Å². The SMILES string of the molecule is CC(C)(C)c1cc(C(=O)O)sc1C(=O)O. The Morgan fingerprint density at radius 1 is 1.20 bits per heavy atom. The Labute approximate surface area is 91.2 Å². The van der Waals surface area contributed by atoms with E-state index in [4.69, 9.17) is 10.2 Å². The van der Waals surface area contributed by atoms with E-state index in [0.717, 1.165) is 11.3 Å². The van der Waals surface area contributed by atoms with Crippen LogP contribution in [0.4, 0.5) is 0 Å². The second kappa shape index (κ2) is 3.66. The van der Waals surface area contributed by atoms with Gasteiger partial charge in [0.2, 0.25) is 0 Å². The average Bonchev–Trinajstić information content (AvgIpc) is 2.45. The summed E-state index contributed by atoms with van der Waals surface area (Å²) in [6.07, 6.45) is 0. The fourth-order valence-corrected chi connectivity index (χ4v) is 2.26. The summed E-state index contributed by atoms with van der Waals surface area (Å²) in [5.74, 6) is -2.16. The number of rotatable bonds is 2. The number of hydrogen-bond acceptors (Lipinski definition) is 3. The van der Waals surface area contributed by atoms with Crippen molar-refractivity contribution in [2.45, 2.75) is 26.2 Å². The lowest BCUT2D eigenvalue weighted by Crippen LogP contribution is -2.14. The first kappa shape index (κ1) is 11.7. The average molecular weight is 228 g/mol. The van der Waals surface area contributed by atoms with Gasteiger partial charge in [0.25, 0.3) is 0 Å². The summed E-state index contributed by atoms with van der Waals surface area (Å²) >= 11 is 0.803. The highest BCUT2D eigenvalue weighted by Crippen LogP contribution is 2.32. The molecule has 0 bridgehead atoms. The van der Waals surface area contributed by atoms with Gasteiger partial charge in [0.15, 0.2) is 0 Å². The van der Waals surface area contributed by atoms with E-state index >= 15 is 0 Å². The summed E-state index contributed by atoms with van der Waals surface area (Å²) in [4.78, 5) is 21.8. The van der Waals surface area contributed by atoms with Crippen molar-refractivity contribution in [1.82, 2.24) is 0 Å². The van der Waals surface area contributed by atoms with Gasteiger partial charge in [0.1, 0.15) is 9.75 Å². The van der Waals surface area contributed by atoms with Crippen LogP contribution in [0.2, 0.25) is 0 Å². The number of hydrogen-bond donors (Lipinski definition) is 2. The molecule has 1 rings (SSSR count). The number of carboxylic acid groups (broad SMARTS) is 2. The molecule has 82 valence electrons. The van der Waals surface area contributed by atoms with Crippen LogP contribution in [-0.2, 0) is 5.41 Å². The lowest BCUT2D eigenvalue weighted by molar-refractivity contribution is 0.0691. The summed E-state index contributed by atoms with van der Waals surface area (Å²) in [6, 6.07) is 1.44. The van der Waals surface area contributed by atoms with Crippen LogP contribution in [0.3, 0.4) is 0 Å². The first-order chi connectivity index (χ1) is 6.73. The van der Waals surface area contributed by atoms with Crippen molar-refractivity contribution in [3.63, 3.8) is 0 Å². The summed E-state index contributed by atoms with van der Waals surface area (Å²) in [7, 11) is 0. The molecule has 1 aromatic rings. The summed E-state index contributed by atoms with van der Waals surface area (Å²) < 4.78 is 0. The van der Waals surface area contributed by atoms with Crippen LogP contribution >= 0.6 is 11.3 Å². The molecule has 0 aromatic carbocycles. The first-order valence-electron chi connectivity index (χ1n) is 4.34. The molecule has 0 spiro atoms. The molecule has 2 N–H and O–H groups in total. The summed E-state index contributed by atoms with van der Waals surface area (Å²) in [6.45, 7) is 5.56. The third kappa shape index (κ3) is 2.36. The highest BCUT2D eigenvalue weighted by molar-refractivity contribution is 7.16. The number of aromatic carboxylic acids is 2.